The molecule has 0 aliphatic rings. The number of carboxylic acids is 1. The van der Waals surface area contributed by atoms with Gasteiger partial charge in [-0.25, -0.2) is 0 Å². The molecule has 0 atom stereocenters. The maximum absolute atomic E-state index is 13.0. The molecule has 0 unspecified atom stereocenters. The highest BCUT2D eigenvalue weighted by molar-refractivity contribution is 5.85. The van der Waals surface area contributed by atoms with Crippen molar-refractivity contribution in [2.45, 2.75) is 45.2 Å². The summed E-state index contributed by atoms with van der Waals surface area (Å²) in [4.78, 5) is 23.7. The third-order valence-corrected chi connectivity index (χ3v) is 4.34. The fraction of sp³-hybridized carbons (Fsp3) is 0.526. The van der Waals surface area contributed by atoms with E-state index in [0.29, 0.717) is 37.1 Å². The molecule has 10 heteroatoms. The Labute approximate surface area is 165 Å². The Kier molecular flexibility index (Phi) is 7.46. The van der Waals surface area contributed by atoms with Gasteiger partial charge in [0.05, 0.1) is 18.4 Å². The molecule has 2 aromatic rings. The first-order valence-electron chi connectivity index (χ1n) is 9.22. The number of carboxylic acid groups (broad SMARTS) is 1. The Balaban J connectivity index is 2.02. The van der Waals surface area contributed by atoms with Gasteiger partial charge in [-0.05, 0) is 25.0 Å². The summed E-state index contributed by atoms with van der Waals surface area (Å²) in [5, 5.41) is 11.7. The molecule has 2 rings (SSSR count). The number of alkyl halides is 3. The first-order valence-corrected chi connectivity index (χ1v) is 9.22. The van der Waals surface area contributed by atoms with E-state index in [1.165, 1.54) is 17.0 Å². The van der Waals surface area contributed by atoms with Crippen LogP contribution in [0.25, 0.3) is 11.0 Å². The van der Waals surface area contributed by atoms with E-state index in [1.807, 2.05) is 6.92 Å². The van der Waals surface area contributed by atoms with Gasteiger partial charge in [-0.1, -0.05) is 18.5 Å². The molecule has 0 saturated carbocycles. The number of amides is 1. The molecule has 1 aromatic heterocycles. The number of carbonyl (C=O) groups excluding carboxylic acids is 1. The average molecular weight is 416 g/mol. The second kappa shape index (κ2) is 9.62. The predicted octanol–water partition coefficient (Wildman–Crippen LogP) is 3.89. The van der Waals surface area contributed by atoms with Crippen molar-refractivity contribution in [2.24, 2.45) is 0 Å². The molecule has 7 nitrogen and oxygen atoms in total. The molecule has 0 saturated heterocycles. The molecule has 0 radical (unpaired) electrons. The smallest absolute Gasteiger partial charge is 0.437 e. The van der Waals surface area contributed by atoms with E-state index in [2.05, 4.69) is 5.16 Å². The van der Waals surface area contributed by atoms with Crippen LogP contribution in [0.3, 0.4) is 0 Å². The van der Waals surface area contributed by atoms with Crippen LogP contribution < -0.4 is 4.74 Å². The highest BCUT2D eigenvalue weighted by Crippen LogP contribution is 2.38. The number of hydrogen-bond acceptors (Lipinski definition) is 5. The fourth-order valence-electron chi connectivity index (χ4n) is 2.88. The minimum absolute atomic E-state index is 0.0673. The molecule has 0 aliphatic carbocycles. The summed E-state index contributed by atoms with van der Waals surface area (Å²) in [6, 6.07) is 2.76. The largest absolute Gasteiger partial charge is 0.493 e. The Morgan fingerprint density at radius 2 is 2.00 bits per heavy atom. The first-order chi connectivity index (χ1) is 13.6. The van der Waals surface area contributed by atoms with Gasteiger partial charge in [0.15, 0.2) is 11.3 Å². The summed E-state index contributed by atoms with van der Waals surface area (Å²) in [7, 11) is 1.58. The minimum atomic E-state index is -4.60. The van der Waals surface area contributed by atoms with Crippen molar-refractivity contribution < 1.29 is 37.1 Å². The zero-order valence-electron chi connectivity index (χ0n) is 16.2. The fourth-order valence-corrected chi connectivity index (χ4v) is 2.88. The van der Waals surface area contributed by atoms with Crippen molar-refractivity contribution >= 4 is 22.8 Å². The number of aryl methyl sites for hydroxylation is 1. The monoisotopic (exact) mass is 416 g/mol. The Hall–Kier alpha value is -2.78. The van der Waals surface area contributed by atoms with E-state index in [4.69, 9.17) is 14.4 Å². The summed E-state index contributed by atoms with van der Waals surface area (Å²) < 4.78 is 49.8. The SMILES string of the molecule is CCCc1c(OCCCN(C)C(=O)CCC(=O)O)ccc2c(C(F)(F)F)noc12. The van der Waals surface area contributed by atoms with Crippen LogP contribution >= 0.6 is 0 Å². The van der Waals surface area contributed by atoms with Gasteiger partial charge >= 0.3 is 12.1 Å². The van der Waals surface area contributed by atoms with Crippen molar-refractivity contribution in [3.8, 4) is 5.75 Å². The molecular weight excluding hydrogens is 393 g/mol. The van der Waals surface area contributed by atoms with E-state index in [0.717, 1.165) is 0 Å². The highest BCUT2D eigenvalue weighted by Gasteiger charge is 2.37. The number of halogens is 3. The number of nitrogens with zero attached hydrogens (tertiary/aromatic N) is 2. The van der Waals surface area contributed by atoms with Crippen LogP contribution in [0.4, 0.5) is 13.2 Å². The third-order valence-electron chi connectivity index (χ3n) is 4.34. The number of ether oxygens (including phenoxy) is 1. The van der Waals surface area contributed by atoms with Gasteiger partial charge < -0.3 is 19.3 Å². The van der Waals surface area contributed by atoms with Crippen molar-refractivity contribution in [1.29, 1.82) is 0 Å². The lowest BCUT2D eigenvalue weighted by atomic mass is 10.0. The second-order valence-corrected chi connectivity index (χ2v) is 6.61. The number of hydrogen-bond donors (Lipinski definition) is 1. The lowest BCUT2D eigenvalue weighted by Crippen LogP contribution is -2.28. The van der Waals surface area contributed by atoms with Crippen molar-refractivity contribution in [3.63, 3.8) is 0 Å². The van der Waals surface area contributed by atoms with Crippen LogP contribution in [-0.4, -0.2) is 47.2 Å². The average Bonchev–Trinajstić information content (AvgIpc) is 3.09. The third kappa shape index (κ3) is 5.85. The van der Waals surface area contributed by atoms with Crippen LogP contribution in [0.1, 0.15) is 43.9 Å². The lowest BCUT2D eigenvalue weighted by Gasteiger charge is -2.17. The summed E-state index contributed by atoms with van der Waals surface area (Å²) >= 11 is 0. The van der Waals surface area contributed by atoms with Gasteiger partial charge in [0.1, 0.15) is 5.75 Å². The van der Waals surface area contributed by atoms with Crippen LogP contribution in [0.5, 0.6) is 5.75 Å². The van der Waals surface area contributed by atoms with Crippen LogP contribution in [-0.2, 0) is 22.2 Å². The van der Waals surface area contributed by atoms with E-state index in [-0.39, 0.29) is 36.3 Å². The maximum atomic E-state index is 13.0. The lowest BCUT2D eigenvalue weighted by molar-refractivity contribution is -0.141. The Bertz CT molecular complexity index is 863. The zero-order chi connectivity index (χ0) is 21.6. The molecule has 1 aromatic carbocycles. The van der Waals surface area contributed by atoms with Crippen LogP contribution in [0.2, 0.25) is 0 Å². The van der Waals surface area contributed by atoms with Gasteiger partial charge in [-0.15, -0.1) is 0 Å². The Morgan fingerprint density at radius 1 is 1.28 bits per heavy atom. The molecule has 1 N–H and O–H groups in total. The number of rotatable bonds is 10. The van der Waals surface area contributed by atoms with Crippen molar-refractivity contribution in [1.82, 2.24) is 10.1 Å². The highest BCUT2D eigenvalue weighted by atomic mass is 19.4. The number of aromatic nitrogens is 1. The number of carbonyl (C=O) groups is 2. The van der Waals surface area contributed by atoms with Gasteiger partial charge in [-0.3, -0.25) is 9.59 Å². The molecule has 160 valence electrons. The molecule has 0 bridgehead atoms. The van der Waals surface area contributed by atoms with Crippen molar-refractivity contribution in [3.05, 3.63) is 23.4 Å². The zero-order valence-corrected chi connectivity index (χ0v) is 16.2. The van der Waals surface area contributed by atoms with Gasteiger partial charge in [0.2, 0.25) is 5.91 Å². The summed E-state index contributed by atoms with van der Waals surface area (Å²) in [6.45, 7) is 2.49. The molecule has 29 heavy (non-hydrogen) atoms. The molecule has 1 amide bonds. The normalized spacial score (nSPS) is 11.6. The Morgan fingerprint density at radius 3 is 2.62 bits per heavy atom. The second-order valence-electron chi connectivity index (χ2n) is 6.61. The van der Waals surface area contributed by atoms with Gasteiger partial charge in [0.25, 0.3) is 0 Å². The minimum Gasteiger partial charge on any atom is -0.493 e. The van der Waals surface area contributed by atoms with Crippen LogP contribution in [0.15, 0.2) is 16.7 Å². The van der Waals surface area contributed by atoms with Crippen LogP contribution in [0, 0.1) is 0 Å². The topological polar surface area (TPSA) is 92.9 Å². The quantitative estimate of drug-likeness (QED) is 0.591. The summed E-state index contributed by atoms with van der Waals surface area (Å²) in [5.41, 5.74) is -0.463. The predicted molar refractivity (Wildman–Crippen MR) is 97.6 cm³/mol. The van der Waals surface area contributed by atoms with Gasteiger partial charge in [0, 0.05) is 25.6 Å². The standard InChI is InChI=1S/C19H23F3N2O5/c1-3-5-12-14(7-6-13-17(12)29-23-18(13)19(20,21)22)28-11-4-10-24(2)15(25)8-9-16(26)27/h6-7H,3-5,8-11H2,1-2H3,(H,26,27). The van der Waals surface area contributed by atoms with E-state index in [9.17, 15) is 22.8 Å². The van der Waals surface area contributed by atoms with E-state index >= 15 is 0 Å². The number of aliphatic carboxylic acids is 1. The number of fused-ring (bicyclic) bond motifs is 1. The molecule has 0 aliphatic heterocycles. The molecule has 0 spiro atoms. The summed E-state index contributed by atoms with van der Waals surface area (Å²) in [6.07, 6.45) is -3.28. The molecular formula is C19H23F3N2O5. The number of benzene rings is 1. The summed E-state index contributed by atoms with van der Waals surface area (Å²) in [5.74, 6) is -0.888. The van der Waals surface area contributed by atoms with E-state index in [1.54, 1.807) is 7.05 Å². The van der Waals surface area contributed by atoms with Gasteiger partial charge in [-0.2, -0.15) is 13.2 Å². The molecule has 1 heterocycles. The van der Waals surface area contributed by atoms with E-state index < -0.39 is 17.8 Å². The first kappa shape index (κ1) is 22.5. The maximum Gasteiger partial charge on any atom is 0.437 e. The molecule has 0 fully saturated rings. The van der Waals surface area contributed by atoms with Crippen molar-refractivity contribution in [2.75, 3.05) is 20.2 Å².